The predicted octanol–water partition coefficient (Wildman–Crippen LogP) is 4.36. The molecular weight excluding hydrogens is 352 g/mol. The first-order chi connectivity index (χ1) is 12.2. The van der Waals surface area contributed by atoms with Crippen molar-refractivity contribution in [2.75, 3.05) is 19.6 Å². The number of piperidine rings is 1. The number of benzene rings is 1. The third-order valence-electron chi connectivity index (χ3n) is 4.83. The molecule has 1 aromatic carbocycles. The van der Waals surface area contributed by atoms with Crippen molar-refractivity contribution in [3.63, 3.8) is 0 Å². The first-order valence-electron chi connectivity index (χ1n) is 8.95. The summed E-state index contributed by atoms with van der Waals surface area (Å²) < 4.78 is 0. The van der Waals surface area contributed by atoms with Crippen molar-refractivity contribution >= 4 is 28.8 Å². The normalized spacial score (nSPS) is 16.0. The number of nitrogens with one attached hydrogen (secondary N) is 1. The van der Waals surface area contributed by atoms with E-state index in [9.17, 15) is 4.79 Å². The minimum absolute atomic E-state index is 0.126. The van der Waals surface area contributed by atoms with E-state index in [0.717, 1.165) is 49.6 Å². The van der Waals surface area contributed by atoms with Gasteiger partial charge in [0.05, 0.1) is 0 Å². The molecule has 1 N–H and O–H groups in total. The fourth-order valence-corrected chi connectivity index (χ4v) is 4.24. The average molecular weight is 377 g/mol. The third kappa shape index (κ3) is 5.84. The molecule has 134 valence electrons. The highest BCUT2D eigenvalue weighted by molar-refractivity contribution is 7.09. The largest absolute Gasteiger partial charge is 0.356 e. The second-order valence-corrected chi connectivity index (χ2v) is 8.13. The van der Waals surface area contributed by atoms with Gasteiger partial charge >= 0.3 is 0 Å². The van der Waals surface area contributed by atoms with Crippen LogP contribution in [0.1, 0.15) is 29.7 Å². The lowest BCUT2D eigenvalue weighted by Gasteiger charge is -2.31. The molecule has 25 heavy (non-hydrogen) atoms. The van der Waals surface area contributed by atoms with Crippen LogP contribution in [0.4, 0.5) is 0 Å². The molecule has 0 unspecified atom stereocenters. The highest BCUT2D eigenvalue weighted by Gasteiger charge is 2.20. The molecule has 0 radical (unpaired) electrons. The van der Waals surface area contributed by atoms with Crippen LogP contribution in [0.2, 0.25) is 5.02 Å². The standard InChI is InChI=1S/C20H25ClN2OS/c21-19-6-2-1-4-17(19)7-8-20(24)22-14-16-9-11-23(12-10-16)15-18-5-3-13-25-18/h1-6,13,16H,7-12,14-15H2,(H,22,24). The van der Waals surface area contributed by atoms with E-state index in [0.29, 0.717) is 18.8 Å². The van der Waals surface area contributed by atoms with Gasteiger partial charge < -0.3 is 5.32 Å². The fourth-order valence-electron chi connectivity index (χ4n) is 3.27. The highest BCUT2D eigenvalue weighted by Crippen LogP contribution is 2.20. The minimum Gasteiger partial charge on any atom is -0.356 e. The van der Waals surface area contributed by atoms with Gasteiger partial charge in [0.25, 0.3) is 0 Å². The number of hydrogen-bond donors (Lipinski definition) is 1. The molecule has 1 amide bonds. The van der Waals surface area contributed by atoms with Crippen LogP contribution in [0.15, 0.2) is 41.8 Å². The molecule has 0 spiro atoms. The number of rotatable bonds is 7. The average Bonchev–Trinajstić information content (AvgIpc) is 3.13. The molecule has 2 heterocycles. The molecule has 1 fully saturated rings. The zero-order valence-corrected chi connectivity index (χ0v) is 16.0. The second-order valence-electron chi connectivity index (χ2n) is 6.69. The maximum Gasteiger partial charge on any atom is 0.220 e. The molecular formula is C20H25ClN2OS. The number of aryl methyl sites for hydroxylation is 1. The number of carbonyl (C=O) groups excluding carboxylic acids is 1. The van der Waals surface area contributed by atoms with E-state index in [1.807, 2.05) is 35.6 Å². The molecule has 0 saturated carbocycles. The van der Waals surface area contributed by atoms with E-state index < -0.39 is 0 Å². The Kier molecular flexibility index (Phi) is 6.91. The Morgan fingerprint density at radius 1 is 1.20 bits per heavy atom. The quantitative estimate of drug-likeness (QED) is 0.778. The van der Waals surface area contributed by atoms with Gasteiger partial charge in [0.1, 0.15) is 0 Å². The van der Waals surface area contributed by atoms with Gasteiger partial charge in [0.15, 0.2) is 0 Å². The number of halogens is 1. The molecule has 1 aliphatic rings. The van der Waals surface area contributed by atoms with E-state index >= 15 is 0 Å². The Hall–Kier alpha value is -1.36. The van der Waals surface area contributed by atoms with Crippen LogP contribution in [-0.2, 0) is 17.8 Å². The Morgan fingerprint density at radius 3 is 2.72 bits per heavy atom. The van der Waals surface area contributed by atoms with Crippen LogP contribution in [-0.4, -0.2) is 30.4 Å². The number of hydrogen-bond acceptors (Lipinski definition) is 3. The number of thiophene rings is 1. The molecule has 3 rings (SSSR count). The summed E-state index contributed by atoms with van der Waals surface area (Å²) in [6, 6.07) is 12.1. The smallest absolute Gasteiger partial charge is 0.220 e. The van der Waals surface area contributed by atoms with Crippen molar-refractivity contribution in [2.24, 2.45) is 5.92 Å². The van der Waals surface area contributed by atoms with E-state index in [-0.39, 0.29) is 5.91 Å². The molecule has 0 atom stereocenters. The first kappa shape index (κ1) is 18.4. The topological polar surface area (TPSA) is 32.3 Å². The molecule has 3 nitrogen and oxygen atoms in total. The van der Waals surface area contributed by atoms with Gasteiger partial charge in [-0.05, 0) is 61.3 Å². The zero-order valence-electron chi connectivity index (χ0n) is 14.4. The lowest BCUT2D eigenvalue weighted by molar-refractivity contribution is -0.121. The monoisotopic (exact) mass is 376 g/mol. The van der Waals surface area contributed by atoms with Gasteiger partial charge in [0.2, 0.25) is 5.91 Å². The summed E-state index contributed by atoms with van der Waals surface area (Å²) in [6.07, 6.45) is 3.53. The number of amides is 1. The van der Waals surface area contributed by atoms with Crippen LogP contribution in [0.5, 0.6) is 0 Å². The second kappa shape index (κ2) is 9.37. The molecule has 1 aliphatic heterocycles. The van der Waals surface area contributed by atoms with Crippen LogP contribution in [0, 0.1) is 5.92 Å². The van der Waals surface area contributed by atoms with Gasteiger partial charge in [-0.3, -0.25) is 9.69 Å². The van der Waals surface area contributed by atoms with Crippen LogP contribution >= 0.6 is 22.9 Å². The summed E-state index contributed by atoms with van der Waals surface area (Å²) >= 11 is 7.96. The maximum absolute atomic E-state index is 12.1. The molecule has 1 saturated heterocycles. The Labute approximate surface area is 159 Å². The lowest BCUT2D eigenvalue weighted by Crippen LogP contribution is -2.38. The van der Waals surface area contributed by atoms with E-state index in [1.54, 1.807) is 0 Å². The van der Waals surface area contributed by atoms with Crippen molar-refractivity contribution in [1.29, 1.82) is 0 Å². The minimum atomic E-state index is 0.126. The summed E-state index contributed by atoms with van der Waals surface area (Å²) in [4.78, 5) is 16.0. The summed E-state index contributed by atoms with van der Waals surface area (Å²) in [5.74, 6) is 0.727. The van der Waals surface area contributed by atoms with Crippen LogP contribution in [0.3, 0.4) is 0 Å². The van der Waals surface area contributed by atoms with Crippen LogP contribution in [0.25, 0.3) is 0 Å². The number of carbonyl (C=O) groups is 1. The Bertz CT molecular complexity index is 666. The highest BCUT2D eigenvalue weighted by atomic mass is 35.5. The van der Waals surface area contributed by atoms with Gasteiger partial charge in [-0.15, -0.1) is 11.3 Å². The molecule has 0 bridgehead atoms. The van der Waals surface area contributed by atoms with Gasteiger partial charge in [-0.1, -0.05) is 35.9 Å². The lowest BCUT2D eigenvalue weighted by atomic mass is 9.96. The molecule has 1 aromatic heterocycles. The van der Waals surface area contributed by atoms with E-state index in [4.69, 9.17) is 11.6 Å². The number of likely N-dealkylation sites (tertiary alicyclic amines) is 1. The summed E-state index contributed by atoms with van der Waals surface area (Å²) in [6.45, 7) is 4.11. The van der Waals surface area contributed by atoms with E-state index in [2.05, 4.69) is 27.7 Å². The summed E-state index contributed by atoms with van der Waals surface area (Å²) in [5, 5.41) is 5.99. The Balaban J connectivity index is 1.32. The molecule has 5 heteroatoms. The maximum atomic E-state index is 12.1. The van der Waals surface area contributed by atoms with Gasteiger partial charge in [0, 0.05) is 29.4 Å². The van der Waals surface area contributed by atoms with Gasteiger partial charge in [-0.25, -0.2) is 0 Å². The fraction of sp³-hybridized carbons (Fsp3) is 0.450. The van der Waals surface area contributed by atoms with Crippen molar-refractivity contribution in [3.05, 3.63) is 57.2 Å². The predicted molar refractivity (Wildman–Crippen MR) is 105 cm³/mol. The first-order valence-corrected chi connectivity index (χ1v) is 10.2. The van der Waals surface area contributed by atoms with E-state index in [1.165, 1.54) is 4.88 Å². The van der Waals surface area contributed by atoms with Crippen LogP contribution < -0.4 is 5.32 Å². The third-order valence-corrected chi connectivity index (χ3v) is 6.06. The Morgan fingerprint density at radius 2 is 2.00 bits per heavy atom. The number of nitrogens with zero attached hydrogens (tertiary/aromatic N) is 1. The summed E-state index contributed by atoms with van der Waals surface area (Å²) in [7, 11) is 0. The van der Waals surface area contributed by atoms with Gasteiger partial charge in [-0.2, -0.15) is 0 Å². The molecule has 2 aromatic rings. The SMILES string of the molecule is O=C(CCc1ccccc1Cl)NCC1CCN(Cc2cccs2)CC1. The van der Waals surface area contributed by atoms with Crippen molar-refractivity contribution in [3.8, 4) is 0 Å². The van der Waals surface area contributed by atoms with Crippen molar-refractivity contribution < 1.29 is 4.79 Å². The zero-order chi connectivity index (χ0) is 17.5. The summed E-state index contributed by atoms with van der Waals surface area (Å²) in [5.41, 5.74) is 1.04. The molecule has 0 aliphatic carbocycles. The van der Waals surface area contributed by atoms with Crippen molar-refractivity contribution in [2.45, 2.75) is 32.2 Å². The van der Waals surface area contributed by atoms with Crippen molar-refractivity contribution in [1.82, 2.24) is 10.2 Å².